The molecule has 7 nitrogen and oxygen atoms in total. The molecule has 4 aromatic rings. The summed E-state index contributed by atoms with van der Waals surface area (Å²) >= 11 is 6.51. The highest BCUT2D eigenvalue weighted by molar-refractivity contribution is 7.92. The number of anilines is 1. The van der Waals surface area contributed by atoms with E-state index >= 15 is 0 Å². The molecule has 0 fully saturated rings. The van der Waals surface area contributed by atoms with Gasteiger partial charge in [-0.15, -0.1) is 0 Å². The Hall–Kier alpha value is -4.14. The lowest BCUT2D eigenvalue weighted by molar-refractivity contribution is -0.140. The first-order valence-corrected chi connectivity index (χ1v) is 15.6. The summed E-state index contributed by atoms with van der Waals surface area (Å²) in [6.45, 7) is 1.89. The molecule has 0 aromatic heterocycles. The Kier molecular flexibility index (Phi) is 10.8. The lowest BCUT2D eigenvalue weighted by atomic mass is 10.0. The van der Waals surface area contributed by atoms with Crippen LogP contribution in [0.25, 0.3) is 0 Å². The van der Waals surface area contributed by atoms with Crippen LogP contribution in [0.1, 0.15) is 24.5 Å². The minimum atomic E-state index is -4.12. The number of carbonyl (C=O) groups excluding carboxylic acids is 2. The maximum atomic E-state index is 14.3. The second-order valence-corrected chi connectivity index (χ2v) is 12.0. The highest BCUT2D eigenvalue weighted by Crippen LogP contribution is 2.25. The number of rotatable bonds is 13. The van der Waals surface area contributed by atoms with Crippen molar-refractivity contribution in [1.29, 1.82) is 0 Å². The summed E-state index contributed by atoms with van der Waals surface area (Å²) in [6.07, 6.45) is 0.961. The zero-order valence-corrected chi connectivity index (χ0v) is 25.0. The summed E-state index contributed by atoms with van der Waals surface area (Å²) in [6, 6.07) is 32.1. The first kappa shape index (κ1) is 30.8. The van der Waals surface area contributed by atoms with Gasteiger partial charge in [0.1, 0.15) is 12.6 Å². The molecule has 1 unspecified atom stereocenters. The molecule has 0 saturated heterocycles. The minimum Gasteiger partial charge on any atom is -0.354 e. The summed E-state index contributed by atoms with van der Waals surface area (Å²) in [4.78, 5) is 29.5. The van der Waals surface area contributed by atoms with Crippen molar-refractivity contribution in [2.24, 2.45) is 0 Å². The van der Waals surface area contributed by atoms with Crippen molar-refractivity contribution >= 4 is 39.1 Å². The van der Waals surface area contributed by atoms with E-state index in [-0.39, 0.29) is 23.8 Å². The predicted molar refractivity (Wildman–Crippen MR) is 167 cm³/mol. The first-order chi connectivity index (χ1) is 20.3. The van der Waals surface area contributed by atoms with Crippen LogP contribution in [0.5, 0.6) is 0 Å². The van der Waals surface area contributed by atoms with Crippen LogP contribution in [0.4, 0.5) is 5.69 Å². The molecule has 4 aromatic carbocycles. The summed E-state index contributed by atoms with van der Waals surface area (Å²) < 4.78 is 28.9. The standard InChI is InChI=1S/C33H34ClN3O4S/c1-2-22-35-33(39)31(23-26-14-6-3-7-15-26)36(24-27-16-12-13-21-30(27)34)32(38)25-37(28-17-8-4-9-18-28)42(40,41)29-19-10-5-11-20-29/h3-21,31H,2,22-25H2,1H3,(H,35,39). The maximum Gasteiger partial charge on any atom is 0.264 e. The van der Waals surface area contributed by atoms with Crippen LogP contribution >= 0.6 is 11.6 Å². The molecule has 0 aliphatic carbocycles. The number of sulfonamides is 1. The Labute approximate surface area is 252 Å². The quantitative estimate of drug-likeness (QED) is 0.212. The van der Waals surface area contributed by atoms with Crippen molar-refractivity contribution in [3.8, 4) is 0 Å². The van der Waals surface area contributed by atoms with Crippen LogP contribution in [0.2, 0.25) is 5.02 Å². The van der Waals surface area contributed by atoms with E-state index in [4.69, 9.17) is 11.6 Å². The van der Waals surface area contributed by atoms with Crippen molar-refractivity contribution in [1.82, 2.24) is 10.2 Å². The Bertz CT molecular complexity index is 1570. The fraction of sp³-hybridized carbons (Fsp3) is 0.212. The average molecular weight is 604 g/mol. The molecule has 0 spiro atoms. The van der Waals surface area contributed by atoms with E-state index in [2.05, 4.69) is 5.32 Å². The highest BCUT2D eigenvalue weighted by Gasteiger charge is 2.34. The Balaban J connectivity index is 1.78. The lowest BCUT2D eigenvalue weighted by Crippen LogP contribution is -2.53. The molecule has 0 radical (unpaired) electrons. The fourth-order valence-electron chi connectivity index (χ4n) is 4.57. The molecule has 1 N–H and O–H groups in total. The van der Waals surface area contributed by atoms with E-state index in [1.807, 2.05) is 43.3 Å². The van der Waals surface area contributed by atoms with Crippen LogP contribution in [0, 0.1) is 0 Å². The molecular weight excluding hydrogens is 570 g/mol. The number of benzene rings is 4. The molecule has 4 rings (SSSR count). The molecule has 218 valence electrons. The summed E-state index contributed by atoms with van der Waals surface area (Å²) in [7, 11) is -4.12. The fourth-order valence-corrected chi connectivity index (χ4v) is 6.20. The zero-order chi connectivity index (χ0) is 30.0. The lowest BCUT2D eigenvalue weighted by Gasteiger charge is -2.34. The number of para-hydroxylation sites is 1. The van der Waals surface area contributed by atoms with Gasteiger partial charge < -0.3 is 10.2 Å². The second kappa shape index (κ2) is 14.7. The molecule has 1 atom stereocenters. The van der Waals surface area contributed by atoms with Crippen LogP contribution in [0.15, 0.2) is 120 Å². The van der Waals surface area contributed by atoms with Crippen LogP contribution < -0.4 is 9.62 Å². The van der Waals surface area contributed by atoms with Gasteiger partial charge in [0.25, 0.3) is 10.0 Å². The van der Waals surface area contributed by atoms with E-state index in [1.54, 1.807) is 66.7 Å². The maximum absolute atomic E-state index is 14.3. The zero-order valence-electron chi connectivity index (χ0n) is 23.4. The van der Waals surface area contributed by atoms with Crippen molar-refractivity contribution in [3.63, 3.8) is 0 Å². The largest absolute Gasteiger partial charge is 0.354 e. The van der Waals surface area contributed by atoms with Crippen LogP contribution in [-0.2, 0) is 32.6 Å². The third-order valence-corrected chi connectivity index (χ3v) is 8.93. The number of halogens is 1. The van der Waals surface area contributed by atoms with Crippen molar-refractivity contribution in [3.05, 3.63) is 131 Å². The number of amides is 2. The molecule has 42 heavy (non-hydrogen) atoms. The van der Waals surface area contributed by atoms with E-state index in [0.717, 1.165) is 16.3 Å². The Morgan fingerprint density at radius 3 is 2.00 bits per heavy atom. The molecular formula is C33H34ClN3O4S. The molecule has 0 aliphatic heterocycles. The Morgan fingerprint density at radius 1 is 0.810 bits per heavy atom. The van der Waals surface area contributed by atoms with Gasteiger partial charge in [-0.1, -0.05) is 103 Å². The number of hydrogen-bond acceptors (Lipinski definition) is 4. The monoisotopic (exact) mass is 603 g/mol. The summed E-state index contributed by atoms with van der Waals surface area (Å²) in [5.41, 5.74) is 1.84. The first-order valence-electron chi connectivity index (χ1n) is 13.8. The van der Waals surface area contributed by atoms with Gasteiger partial charge in [0.15, 0.2) is 0 Å². The summed E-state index contributed by atoms with van der Waals surface area (Å²) in [5.74, 6) is -0.857. The second-order valence-electron chi connectivity index (χ2n) is 9.77. The van der Waals surface area contributed by atoms with Crippen molar-refractivity contribution < 1.29 is 18.0 Å². The number of hydrogen-bond donors (Lipinski definition) is 1. The van der Waals surface area contributed by atoms with Gasteiger partial charge in [0.05, 0.1) is 10.6 Å². The van der Waals surface area contributed by atoms with E-state index < -0.39 is 28.5 Å². The van der Waals surface area contributed by atoms with Gasteiger partial charge >= 0.3 is 0 Å². The van der Waals surface area contributed by atoms with Crippen molar-refractivity contribution in [2.75, 3.05) is 17.4 Å². The van der Waals surface area contributed by atoms with E-state index in [1.165, 1.54) is 17.0 Å². The van der Waals surface area contributed by atoms with Crippen LogP contribution in [-0.4, -0.2) is 44.3 Å². The Morgan fingerprint density at radius 2 is 1.38 bits per heavy atom. The normalized spacial score (nSPS) is 11.9. The van der Waals surface area contributed by atoms with Gasteiger partial charge in [0.2, 0.25) is 11.8 Å². The highest BCUT2D eigenvalue weighted by atomic mass is 35.5. The number of nitrogens with one attached hydrogen (secondary N) is 1. The average Bonchev–Trinajstić information content (AvgIpc) is 3.02. The minimum absolute atomic E-state index is 0.0174. The summed E-state index contributed by atoms with van der Waals surface area (Å²) in [5, 5.41) is 3.38. The molecule has 0 heterocycles. The van der Waals surface area contributed by atoms with Crippen molar-refractivity contribution in [2.45, 2.75) is 37.2 Å². The number of nitrogens with zero attached hydrogens (tertiary/aromatic N) is 2. The molecule has 9 heteroatoms. The van der Waals surface area contributed by atoms with Gasteiger partial charge in [-0.25, -0.2) is 8.42 Å². The van der Waals surface area contributed by atoms with E-state index in [0.29, 0.717) is 22.8 Å². The third kappa shape index (κ3) is 7.78. The number of carbonyl (C=O) groups is 2. The topological polar surface area (TPSA) is 86.8 Å². The predicted octanol–water partition coefficient (Wildman–Crippen LogP) is 5.70. The SMILES string of the molecule is CCCNC(=O)C(Cc1ccccc1)N(Cc1ccccc1Cl)C(=O)CN(c1ccccc1)S(=O)(=O)c1ccccc1. The molecule has 0 aliphatic rings. The smallest absolute Gasteiger partial charge is 0.264 e. The third-order valence-electron chi connectivity index (χ3n) is 6.77. The molecule has 2 amide bonds. The molecule has 0 bridgehead atoms. The van der Waals surface area contributed by atoms with Gasteiger partial charge in [0, 0.05) is 24.5 Å². The van der Waals surface area contributed by atoms with Gasteiger partial charge in [-0.05, 0) is 47.9 Å². The van der Waals surface area contributed by atoms with Gasteiger partial charge in [-0.2, -0.15) is 0 Å². The van der Waals surface area contributed by atoms with E-state index in [9.17, 15) is 18.0 Å². The van der Waals surface area contributed by atoms with Gasteiger partial charge in [-0.3, -0.25) is 13.9 Å². The molecule has 0 saturated carbocycles. The van der Waals surface area contributed by atoms with Crippen LogP contribution in [0.3, 0.4) is 0 Å².